The number of rotatable bonds is 7. The second kappa shape index (κ2) is 11.0. The van der Waals surface area contributed by atoms with Gasteiger partial charge in [0.25, 0.3) is 5.91 Å². The van der Waals surface area contributed by atoms with Crippen LogP contribution in [0.1, 0.15) is 40.0 Å². The van der Waals surface area contributed by atoms with E-state index >= 15 is 0 Å². The predicted molar refractivity (Wildman–Crippen MR) is 134 cm³/mol. The van der Waals surface area contributed by atoms with Crippen LogP contribution in [0.5, 0.6) is 0 Å². The third-order valence-electron chi connectivity index (χ3n) is 6.00. The molecular formula is C27H25Cl2N3O2. The molecule has 174 valence electrons. The summed E-state index contributed by atoms with van der Waals surface area (Å²) in [7, 11) is 0. The minimum Gasteiger partial charge on any atom is -0.375 e. The number of nitriles is 1. The van der Waals surface area contributed by atoms with E-state index in [1.165, 1.54) is 0 Å². The van der Waals surface area contributed by atoms with Gasteiger partial charge in [0.2, 0.25) is 0 Å². The van der Waals surface area contributed by atoms with Gasteiger partial charge in [-0.1, -0.05) is 47.5 Å². The molecule has 7 heteroatoms. The first kappa shape index (κ1) is 24.3. The number of carbonyl (C=O) groups is 1. The molecule has 2 atom stereocenters. The number of benzene rings is 3. The molecule has 5 nitrogen and oxygen atoms in total. The summed E-state index contributed by atoms with van der Waals surface area (Å²) in [6.07, 6.45) is -0.158. The number of amides is 1. The van der Waals surface area contributed by atoms with Crippen LogP contribution >= 0.6 is 23.2 Å². The quantitative estimate of drug-likeness (QED) is 0.473. The van der Waals surface area contributed by atoms with Crippen LogP contribution in [0.3, 0.4) is 0 Å². The molecular weight excluding hydrogens is 469 g/mol. The highest BCUT2D eigenvalue weighted by Crippen LogP contribution is 2.33. The Hall–Kier alpha value is -2.88. The molecule has 1 N–H and O–H groups in total. The van der Waals surface area contributed by atoms with Crippen molar-refractivity contribution in [2.75, 3.05) is 19.7 Å². The average molecular weight is 494 g/mol. The maximum Gasteiger partial charge on any atom is 0.251 e. The number of likely N-dealkylation sites (tertiary alicyclic amines) is 1. The average Bonchev–Trinajstić information content (AvgIpc) is 3.23. The molecule has 34 heavy (non-hydrogen) atoms. The molecule has 1 heterocycles. The van der Waals surface area contributed by atoms with Gasteiger partial charge in [-0.3, -0.25) is 9.69 Å². The van der Waals surface area contributed by atoms with Gasteiger partial charge < -0.3 is 10.1 Å². The van der Waals surface area contributed by atoms with E-state index in [0.717, 1.165) is 11.1 Å². The van der Waals surface area contributed by atoms with Crippen molar-refractivity contribution in [3.05, 3.63) is 105 Å². The molecule has 0 saturated carbocycles. The normalized spacial score (nSPS) is 18.1. The Labute approximate surface area is 209 Å². The van der Waals surface area contributed by atoms with Crippen molar-refractivity contribution in [2.45, 2.75) is 25.1 Å². The summed E-state index contributed by atoms with van der Waals surface area (Å²) in [5.41, 5.74) is 3.23. The summed E-state index contributed by atoms with van der Waals surface area (Å²) in [5.74, 6) is -0.185. The van der Waals surface area contributed by atoms with Gasteiger partial charge in [-0.15, -0.1) is 0 Å². The van der Waals surface area contributed by atoms with Crippen LogP contribution in [0, 0.1) is 11.3 Å². The van der Waals surface area contributed by atoms with Crippen LogP contribution in [0.2, 0.25) is 10.0 Å². The smallest absolute Gasteiger partial charge is 0.251 e. The molecule has 0 aliphatic carbocycles. The first-order valence-corrected chi connectivity index (χ1v) is 11.9. The van der Waals surface area contributed by atoms with Gasteiger partial charge in [0.1, 0.15) is 0 Å². The first-order valence-electron chi connectivity index (χ1n) is 11.2. The molecule has 3 aromatic carbocycles. The van der Waals surface area contributed by atoms with Gasteiger partial charge in [-0.25, -0.2) is 0 Å². The Morgan fingerprint density at radius 2 is 1.56 bits per heavy atom. The van der Waals surface area contributed by atoms with Gasteiger partial charge >= 0.3 is 0 Å². The fourth-order valence-corrected chi connectivity index (χ4v) is 4.64. The molecule has 1 aliphatic heterocycles. The molecule has 0 spiro atoms. The number of hydrogen-bond donors (Lipinski definition) is 1. The van der Waals surface area contributed by atoms with Crippen LogP contribution in [0.15, 0.2) is 72.8 Å². The van der Waals surface area contributed by atoms with Crippen molar-refractivity contribution in [3.63, 3.8) is 0 Å². The summed E-state index contributed by atoms with van der Waals surface area (Å²) < 4.78 is 6.04. The Morgan fingerprint density at radius 3 is 2.06 bits per heavy atom. The molecule has 1 aliphatic rings. The zero-order valence-corrected chi connectivity index (χ0v) is 20.3. The number of carbonyl (C=O) groups excluding carboxylic acids is 1. The summed E-state index contributed by atoms with van der Waals surface area (Å²) >= 11 is 12.3. The molecule has 0 aromatic heterocycles. The van der Waals surface area contributed by atoms with Crippen LogP contribution in [0.25, 0.3) is 0 Å². The molecule has 4 rings (SSSR count). The minimum atomic E-state index is -0.190. The molecule has 0 bridgehead atoms. The second-order valence-electron chi connectivity index (χ2n) is 8.22. The van der Waals surface area contributed by atoms with E-state index in [4.69, 9.17) is 33.2 Å². The Kier molecular flexibility index (Phi) is 7.87. The summed E-state index contributed by atoms with van der Waals surface area (Å²) in [6, 6.07) is 24.1. The highest BCUT2D eigenvalue weighted by molar-refractivity contribution is 6.30. The van der Waals surface area contributed by atoms with E-state index in [-0.39, 0.29) is 24.1 Å². The Morgan fingerprint density at radius 1 is 1.00 bits per heavy atom. The third-order valence-corrected chi connectivity index (χ3v) is 6.51. The molecule has 0 radical (unpaired) electrons. The van der Waals surface area contributed by atoms with Crippen LogP contribution < -0.4 is 5.32 Å². The van der Waals surface area contributed by atoms with Gasteiger partial charge in [0.05, 0.1) is 29.8 Å². The lowest BCUT2D eigenvalue weighted by Crippen LogP contribution is -2.44. The summed E-state index contributed by atoms with van der Waals surface area (Å²) in [4.78, 5) is 15.3. The highest BCUT2D eigenvalue weighted by atomic mass is 35.5. The highest BCUT2D eigenvalue weighted by Gasteiger charge is 2.38. The molecule has 3 aromatic rings. The Balaban J connectivity index is 1.59. The van der Waals surface area contributed by atoms with E-state index in [2.05, 4.69) is 16.3 Å². The van der Waals surface area contributed by atoms with E-state index in [0.29, 0.717) is 40.9 Å². The zero-order chi connectivity index (χ0) is 24.1. The van der Waals surface area contributed by atoms with Crippen molar-refractivity contribution in [2.24, 2.45) is 0 Å². The van der Waals surface area contributed by atoms with Gasteiger partial charge in [0, 0.05) is 35.3 Å². The molecule has 0 unspecified atom stereocenters. The fourth-order valence-electron chi connectivity index (χ4n) is 4.39. The monoisotopic (exact) mass is 493 g/mol. The number of nitrogens with zero attached hydrogens (tertiary/aromatic N) is 2. The topological polar surface area (TPSA) is 65.4 Å². The molecule has 1 amide bonds. The Bertz CT molecular complexity index is 1110. The van der Waals surface area contributed by atoms with Crippen molar-refractivity contribution in [1.29, 1.82) is 5.26 Å². The maximum atomic E-state index is 12.9. The number of hydrogen-bond acceptors (Lipinski definition) is 4. The van der Waals surface area contributed by atoms with Gasteiger partial charge in [-0.2, -0.15) is 5.26 Å². The standard InChI is InChI=1S/C27H25Cl2N3O2/c1-2-34-25-17-32(16-24(25)31-27(33)21-5-3-18(15-30)4-6-21)26(19-7-11-22(28)12-8-19)20-9-13-23(29)14-10-20/h3-14,24-26H,2,16-17H2,1H3,(H,31,33)/t24-,25-/m0/s1. The van der Waals surface area contributed by atoms with Gasteiger partial charge in [-0.05, 0) is 66.6 Å². The number of ether oxygens (including phenoxy) is 1. The first-order chi connectivity index (χ1) is 16.5. The maximum absolute atomic E-state index is 12.9. The van der Waals surface area contributed by atoms with Crippen molar-refractivity contribution >= 4 is 29.1 Å². The van der Waals surface area contributed by atoms with E-state index in [1.54, 1.807) is 24.3 Å². The minimum absolute atomic E-state index is 0.0469. The lowest BCUT2D eigenvalue weighted by molar-refractivity contribution is 0.0490. The SMILES string of the molecule is CCO[C@H]1CN(C(c2ccc(Cl)cc2)c2ccc(Cl)cc2)C[C@@H]1NC(=O)c1ccc(C#N)cc1. The van der Waals surface area contributed by atoms with Crippen LogP contribution in [-0.2, 0) is 4.74 Å². The van der Waals surface area contributed by atoms with E-state index < -0.39 is 0 Å². The fraction of sp³-hybridized carbons (Fsp3) is 0.259. The van der Waals surface area contributed by atoms with Crippen molar-refractivity contribution in [1.82, 2.24) is 10.2 Å². The summed E-state index contributed by atoms with van der Waals surface area (Å²) in [5, 5.41) is 13.5. The van der Waals surface area contributed by atoms with E-state index in [9.17, 15) is 4.79 Å². The number of halogens is 2. The second-order valence-corrected chi connectivity index (χ2v) is 9.10. The molecule has 1 saturated heterocycles. The number of nitrogens with one attached hydrogen (secondary N) is 1. The lowest BCUT2D eigenvalue weighted by atomic mass is 9.97. The largest absolute Gasteiger partial charge is 0.375 e. The third kappa shape index (κ3) is 5.60. The van der Waals surface area contributed by atoms with Crippen molar-refractivity contribution < 1.29 is 9.53 Å². The van der Waals surface area contributed by atoms with Crippen LogP contribution in [-0.4, -0.2) is 42.6 Å². The van der Waals surface area contributed by atoms with Crippen LogP contribution in [0.4, 0.5) is 0 Å². The zero-order valence-electron chi connectivity index (χ0n) is 18.7. The lowest BCUT2D eigenvalue weighted by Gasteiger charge is -2.29. The predicted octanol–water partition coefficient (Wildman–Crippen LogP) is 5.47. The van der Waals surface area contributed by atoms with Crippen molar-refractivity contribution in [3.8, 4) is 6.07 Å². The van der Waals surface area contributed by atoms with Gasteiger partial charge in [0.15, 0.2) is 0 Å². The molecule has 1 fully saturated rings. The van der Waals surface area contributed by atoms with E-state index in [1.807, 2.05) is 55.5 Å². The summed E-state index contributed by atoms with van der Waals surface area (Å²) in [6.45, 7) is 3.77.